The molecule has 3 nitrogen and oxygen atoms in total. The standard InChI is InChI=1S/C13H17NO2S/c1-11(2)10-12(14)8-9-17(15,16)13-6-4-3-5-7-13/h3-9,12H,1,10,14H2,2H3. The Bertz CT molecular complexity index is 503. The summed E-state index contributed by atoms with van der Waals surface area (Å²) in [6, 6.07) is 7.96. The molecule has 0 aromatic heterocycles. The highest BCUT2D eigenvalue weighted by atomic mass is 32.2. The Kier molecular flexibility index (Phi) is 4.66. The number of hydrogen-bond acceptors (Lipinski definition) is 3. The maximum Gasteiger partial charge on any atom is 0.199 e. The van der Waals surface area contributed by atoms with Gasteiger partial charge in [0.15, 0.2) is 9.84 Å². The van der Waals surface area contributed by atoms with E-state index in [1.165, 1.54) is 6.08 Å². The molecule has 0 fully saturated rings. The first-order valence-corrected chi connectivity index (χ1v) is 6.85. The van der Waals surface area contributed by atoms with Gasteiger partial charge in [0.25, 0.3) is 0 Å². The highest BCUT2D eigenvalue weighted by molar-refractivity contribution is 7.94. The number of sulfone groups is 1. The van der Waals surface area contributed by atoms with Crippen LogP contribution in [0.25, 0.3) is 0 Å². The number of rotatable bonds is 5. The molecule has 0 amide bonds. The van der Waals surface area contributed by atoms with Gasteiger partial charge in [-0.15, -0.1) is 6.58 Å². The van der Waals surface area contributed by atoms with Crippen molar-refractivity contribution < 1.29 is 8.42 Å². The fraction of sp³-hybridized carbons (Fsp3) is 0.231. The predicted octanol–water partition coefficient (Wildman–Crippen LogP) is 2.27. The minimum absolute atomic E-state index is 0.277. The van der Waals surface area contributed by atoms with Gasteiger partial charge in [-0.1, -0.05) is 29.8 Å². The van der Waals surface area contributed by atoms with Gasteiger partial charge in [-0.3, -0.25) is 0 Å². The molecule has 0 saturated heterocycles. The Hall–Kier alpha value is -1.39. The molecule has 0 heterocycles. The third-order valence-electron chi connectivity index (χ3n) is 2.16. The first kappa shape index (κ1) is 13.7. The van der Waals surface area contributed by atoms with Crippen LogP contribution in [0.5, 0.6) is 0 Å². The molecule has 0 aliphatic carbocycles. The van der Waals surface area contributed by atoms with Crippen LogP contribution in [0, 0.1) is 0 Å². The van der Waals surface area contributed by atoms with Crippen molar-refractivity contribution in [2.45, 2.75) is 24.3 Å². The smallest absolute Gasteiger partial charge is 0.199 e. The number of hydrogen-bond donors (Lipinski definition) is 1. The SMILES string of the molecule is C=C(C)CC(N)C=CS(=O)(=O)c1ccccc1. The number of benzene rings is 1. The average Bonchev–Trinajstić information content (AvgIpc) is 2.27. The lowest BCUT2D eigenvalue weighted by atomic mass is 10.1. The zero-order valence-electron chi connectivity index (χ0n) is 9.84. The first-order chi connectivity index (χ1) is 7.92. The average molecular weight is 251 g/mol. The van der Waals surface area contributed by atoms with E-state index in [-0.39, 0.29) is 10.9 Å². The summed E-state index contributed by atoms with van der Waals surface area (Å²) in [5, 5.41) is 1.16. The molecule has 17 heavy (non-hydrogen) atoms. The summed E-state index contributed by atoms with van der Waals surface area (Å²) < 4.78 is 23.7. The van der Waals surface area contributed by atoms with Gasteiger partial charge in [0.05, 0.1) is 4.90 Å². The molecule has 1 unspecified atom stereocenters. The summed E-state index contributed by atoms with van der Waals surface area (Å²) in [4.78, 5) is 0.277. The summed E-state index contributed by atoms with van der Waals surface area (Å²) >= 11 is 0. The molecule has 4 heteroatoms. The van der Waals surface area contributed by atoms with Gasteiger partial charge in [0.2, 0.25) is 0 Å². The fourth-order valence-electron chi connectivity index (χ4n) is 1.36. The van der Waals surface area contributed by atoms with Crippen molar-refractivity contribution in [1.82, 2.24) is 0 Å². The van der Waals surface area contributed by atoms with Gasteiger partial charge in [0, 0.05) is 11.4 Å². The molecule has 0 spiro atoms. The van der Waals surface area contributed by atoms with E-state index in [1.807, 2.05) is 6.92 Å². The molecule has 0 aliphatic heterocycles. The predicted molar refractivity (Wildman–Crippen MR) is 70.2 cm³/mol. The second kappa shape index (κ2) is 5.80. The maximum absolute atomic E-state index is 11.9. The molecule has 0 saturated carbocycles. The van der Waals surface area contributed by atoms with Crippen LogP contribution in [0.3, 0.4) is 0 Å². The Morgan fingerprint density at radius 2 is 2.00 bits per heavy atom. The normalized spacial score (nSPS) is 13.8. The highest BCUT2D eigenvalue weighted by Crippen LogP contribution is 2.12. The van der Waals surface area contributed by atoms with Crippen molar-refractivity contribution in [2.75, 3.05) is 0 Å². The van der Waals surface area contributed by atoms with Gasteiger partial charge < -0.3 is 5.73 Å². The Morgan fingerprint density at radius 3 is 2.53 bits per heavy atom. The molecular formula is C13H17NO2S. The highest BCUT2D eigenvalue weighted by Gasteiger charge is 2.09. The van der Waals surface area contributed by atoms with Crippen molar-refractivity contribution in [3.05, 3.63) is 54.0 Å². The minimum Gasteiger partial charge on any atom is -0.324 e. The van der Waals surface area contributed by atoms with Crippen LogP contribution in [-0.2, 0) is 9.84 Å². The molecule has 1 aromatic carbocycles. The summed E-state index contributed by atoms with van der Waals surface area (Å²) in [6.07, 6.45) is 2.08. The summed E-state index contributed by atoms with van der Waals surface area (Å²) in [5.41, 5.74) is 6.68. The lowest BCUT2D eigenvalue weighted by molar-refractivity contribution is 0.604. The van der Waals surface area contributed by atoms with Crippen molar-refractivity contribution in [3.63, 3.8) is 0 Å². The molecule has 92 valence electrons. The van der Waals surface area contributed by atoms with Gasteiger partial charge in [-0.25, -0.2) is 8.42 Å². The quantitative estimate of drug-likeness (QED) is 0.817. The van der Waals surface area contributed by atoms with Crippen molar-refractivity contribution in [3.8, 4) is 0 Å². The molecule has 1 atom stereocenters. The van der Waals surface area contributed by atoms with Crippen LogP contribution in [0.15, 0.2) is 58.9 Å². The lowest BCUT2D eigenvalue weighted by Crippen LogP contribution is -2.17. The third-order valence-corrected chi connectivity index (χ3v) is 3.61. The fourth-order valence-corrected chi connectivity index (χ4v) is 2.47. The summed E-state index contributed by atoms with van der Waals surface area (Å²) in [6.45, 7) is 5.59. The van der Waals surface area contributed by atoms with E-state index in [9.17, 15) is 8.42 Å². The van der Waals surface area contributed by atoms with Crippen molar-refractivity contribution >= 4 is 9.84 Å². The van der Waals surface area contributed by atoms with Crippen LogP contribution in [0.2, 0.25) is 0 Å². The summed E-state index contributed by atoms with van der Waals surface area (Å²) in [5.74, 6) is 0. The Labute approximate surface area is 103 Å². The Balaban J connectivity index is 2.81. The van der Waals surface area contributed by atoms with Gasteiger partial charge in [-0.05, 0) is 25.5 Å². The van der Waals surface area contributed by atoms with Crippen molar-refractivity contribution in [2.24, 2.45) is 5.73 Å². The number of nitrogens with two attached hydrogens (primary N) is 1. The van der Waals surface area contributed by atoms with E-state index < -0.39 is 9.84 Å². The van der Waals surface area contributed by atoms with Gasteiger partial charge >= 0.3 is 0 Å². The van der Waals surface area contributed by atoms with E-state index >= 15 is 0 Å². The van der Waals surface area contributed by atoms with E-state index in [0.29, 0.717) is 6.42 Å². The zero-order chi connectivity index (χ0) is 12.9. The summed E-state index contributed by atoms with van der Waals surface area (Å²) in [7, 11) is -3.38. The van der Waals surface area contributed by atoms with E-state index in [0.717, 1.165) is 11.0 Å². The van der Waals surface area contributed by atoms with Crippen LogP contribution < -0.4 is 5.73 Å². The molecular weight excluding hydrogens is 234 g/mol. The second-order valence-electron chi connectivity index (χ2n) is 4.01. The third kappa shape index (κ3) is 4.54. The van der Waals surface area contributed by atoms with E-state index in [1.54, 1.807) is 30.3 Å². The van der Waals surface area contributed by atoms with E-state index in [2.05, 4.69) is 6.58 Å². The van der Waals surface area contributed by atoms with Crippen LogP contribution in [-0.4, -0.2) is 14.5 Å². The van der Waals surface area contributed by atoms with E-state index in [4.69, 9.17) is 5.73 Å². The molecule has 2 N–H and O–H groups in total. The first-order valence-electron chi connectivity index (χ1n) is 5.30. The van der Waals surface area contributed by atoms with Gasteiger partial charge in [0.1, 0.15) is 0 Å². The lowest BCUT2D eigenvalue weighted by Gasteiger charge is -2.05. The zero-order valence-corrected chi connectivity index (χ0v) is 10.7. The van der Waals surface area contributed by atoms with Crippen LogP contribution in [0.1, 0.15) is 13.3 Å². The Morgan fingerprint density at radius 1 is 1.41 bits per heavy atom. The maximum atomic E-state index is 11.9. The molecule has 1 rings (SSSR count). The minimum atomic E-state index is -3.38. The molecule has 0 bridgehead atoms. The topological polar surface area (TPSA) is 60.2 Å². The van der Waals surface area contributed by atoms with Crippen LogP contribution >= 0.6 is 0 Å². The molecule has 1 aromatic rings. The van der Waals surface area contributed by atoms with Crippen molar-refractivity contribution in [1.29, 1.82) is 0 Å². The van der Waals surface area contributed by atoms with Crippen LogP contribution in [0.4, 0.5) is 0 Å². The monoisotopic (exact) mass is 251 g/mol. The molecule has 0 aliphatic rings. The molecule has 0 radical (unpaired) electrons. The largest absolute Gasteiger partial charge is 0.324 e. The van der Waals surface area contributed by atoms with Gasteiger partial charge in [-0.2, -0.15) is 0 Å². The second-order valence-corrected chi connectivity index (χ2v) is 5.85.